The van der Waals surface area contributed by atoms with Crippen LogP contribution in [0, 0.1) is 23.7 Å². The molecule has 2 aliphatic carbocycles. The zero-order chi connectivity index (χ0) is 9.26. The monoisotopic (exact) mass is 178 g/mol. The molecule has 74 valence electrons. The van der Waals surface area contributed by atoms with Crippen LogP contribution in [0.3, 0.4) is 0 Å². The summed E-state index contributed by atoms with van der Waals surface area (Å²) in [4.78, 5) is 0. The van der Waals surface area contributed by atoms with Crippen molar-refractivity contribution in [2.75, 3.05) is 0 Å². The Labute approximate surface area is 82.4 Å². The summed E-state index contributed by atoms with van der Waals surface area (Å²) in [6.45, 7) is 4.61. The SMILES string of the molecule is CC/C=C/[C@H]1[C@@H]2CC[C@@H](C2)[C@H]1CC. The number of hydrogen-bond donors (Lipinski definition) is 0. The fourth-order valence-electron chi connectivity index (χ4n) is 3.65. The van der Waals surface area contributed by atoms with Crippen LogP contribution in [0.5, 0.6) is 0 Å². The highest BCUT2D eigenvalue weighted by atomic mass is 14.5. The van der Waals surface area contributed by atoms with Crippen molar-refractivity contribution in [3.63, 3.8) is 0 Å². The first kappa shape index (κ1) is 9.30. The van der Waals surface area contributed by atoms with Crippen molar-refractivity contribution in [3.05, 3.63) is 12.2 Å². The van der Waals surface area contributed by atoms with Gasteiger partial charge in [0.25, 0.3) is 0 Å². The molecular formula is C13H22. The summed E-state index contributed by atoms with van der Waals surface area (Å²) < 4.78 is 0. The normalized spacial score (nSPS) is 43.5. The molecule has 2 rings (SSSR count). The van der Waals surface area contributed by atoms with Gasteiger partial charge in [0.15, 0.2) is 0 Å². The second-order valence-corrected chi connectivity index (χ2v) is 4.82. The summed E-state index contributed by atoms with van der Waals surface area (Å²) >= 11 is 0. The van der Waals surface area contributed by atoms with Gasteiger partial charge in [-0.05, 0) is 49.4 Å². The van der Waals surface area contributed by atoms with E-state index in [1.54, 1.807) is 0 Å². The van der Waals surface area contributed by atoms with E-state index in [4.69, 9.17) is 0 Å². The van der Waals surface area contributed by atoms with Crippen LogP contribution in [0.25, 0.3) is 0 Å². The average molecular weight is 178 g/mol. The average Bonchev–Trinajstić information content (AvgIpc) is 2.73. The molecule has 2 fully saturated rings. The van der Waals surface area contributed by atoms with Crippen LogP contribution in [-0.4, -0.2) is 0 Å². The fraction of sp³-hybridized carbons (Fsp3) is 0.846. The Kier molecular flexibility index (Phi) is 2.76. The third kappa shape index (κ3) is 1.56. The molecule has 2 aliphatic rings. The molecule has 0 aromatic carbocycles. The van der Waals surface area contributed by atoms with E-state index in [9.17, 15) is 0 Å². The topological polar surface area (TPSA) is 0 Å². The minimum absolute atomic E-state index is 0.948. The Morgan fingerprint density at radius 2 is 1.92 bits per heavy atom. The summed E-state index contributed by atoms with van der Waals surface area (Å²) in [5.74, 6) is 4.12. The van der Waals surface area contributed by atoms with E-state index >= 15 is 0 Å². The molecular weight excluding hydrogens is 156 g/mol. The molecule has 0 aromatic rings. The molecule has 0 radical (unpaired) electrons. The number of rotatable bonds is 3. The molecule has 0 amide bonds. The van der Waals surface area contributed by atoms with Gasteiger partial charge in [0.2, 0.25) is 0 Å². The third-order valence-corrected chi connectivity index (χ3v) is 4.22. The molecule has 0 spiro atoms. The highest BCUT2D eigenvalue weighted by Gasteiger charge is 2.44. The summed E-state index contributed by atoms with van der Waals surface area (Å²) in [5.41, 5.74) is 0. The smallest absolute Gasteiger partial charge is 0.0174 e. The predicted octanol–water partition coefficient (Wildman–Crippen LogP) is 4.02. The maximum atomic E-state index is 2.53. The van der Waals surface area contributed by atoms with Crippen LogP contribution >= 0.6 is 0 Å². The Morgan fingerprint density at radius 3 is 2.62 bits per heavy atom. The van der Waals surface area contributed by atoms with Crippen molar-refractivity contribution in [1.82, 2.24) is 0 Å². The zero-order valence-electron chi connectivity index (χ0n) is 9.00. The zero-order valence-corrected chi connectivity index (χ0v) is 9.00. The molecule has 0 nitrogen and oxygen atoms in total. The van der Waals surface area contributed by atoms with E-state index in [-0.39, 0.29) is 0 Å². The molecule has 4 atom stereocenters. The molecule has 2 saturated carbocycles. The Hall–Kier alpha value is -0.260. The van der Waals surface area contributed by atoms with Crippen molar-refractivity contribution in [1.29, 1.82) is 0 Å². The second kappa shape index (κ2) is 3.86. The quantitative estimate of drug-likeness (QED) is 0.572. The van der Waals surface area contributed by atoms with Gasteiger partial charge in [-0.15, -0.1) is 0 Å². The summed E-state index contributed by atoms with van der Waals surface area (Å²) in [6.07, 6.45) is 12.1. The molecule has 0 aliphatic heterocycles. The van der Waals surface area contributed by atoms with Crippen molar-refractivity contribution in [3.8, 4) is 0 Å². The molecule has 0 saturated heterocycles. The van der Waals surface area contributed by atoms with Gasteiger partial charge in [0, 0.05) is 0 Å². The maximum absolute atomic E-state index is 2.53. The molecule has 0 heteroatoms. The molecule has 0 N–H and O–H groups in total. The first-order valence-electron chi connectivity index (χ1n) is 6.03. The van der Waals surface area contributed by atoms with Crippen molar-refractivity contribution in [2.24, 2.45) is 23.7 Å². The van der Waals surface area contributed by atoms with Gasteiger partial charge in [-0.25, -0.2) is 0 Å². The largest absolute Gasteiger partial charge is 0.0885 e. The molecule has 0 aromatic heterocycles. The van der Waals surface area contributed by atoms with E-state index in [0.29, 0.717) is 0 Å². The van der Waals surface area contributed by atoms with Gasteiger partial charge in [-0.2, -0.15) is 0 Å². The molecule has 0 unspecified atom stereocenters. The first-order chi connectivity index (χ1) is 6.36. The molecule has 2 bridgehead atoms. The van der Waals surface area contributed by atoms with E-state index < -0.39 is 0 Å². The van der Waals surface area contributed by atoms with Crippen molar-refractivity contribution in [2.45, 2.75) is 46.0 Å². The first-order valence-corrected chi connectivity index (χ1v) is 6.03. The van der Waals surface area contributed by atoms with Crippen LogP contribution in [0.4, 0.5) is 0 Å². The molecule has 13 heavy (non-hydrogen) atoms. The van der Waals surface area contributed by atoms with Gasteiger partial charge in [0.1, 0.15) is 0 Å². The van der Waals surface area contributed by atoms with Gasteiger partial charge >= 0.3 is 0 Å². The minimum Gasteiger partial charge on any atom is -0.0885 e. The lowest BCUT2D eigenvalue weighted by Crippen LogP contribution is -2.19. The highest BCUT2D eigenvalue weighted by molar-refractivity contribution is 5.04. The Morgan fingerprint density at radius 1 is 1.15 bits per heavy atom. The lowest BCUT2D eigenvalue weighted by atomic mass is 9.78. The third-order valence-electron chi connectivity index (χ3n) is 4.22. The fourth-order valence-corrected chi connectivity index (χ4v) is 3.65. The number of fused-ring (bicyclic) bond motifs is 2. The standard InChI is InChI=1S/C13H22/c1-3-5-6-13-11-8-7-10(9-11)12(13)4-2/h5-6,10-13H,3-4,7-9H2,1-2H3/b6-5+/t10-,11+,12+,13-/m0/s1. The number of hydrogen-bond acceptors (Lipinski definition) is 0. The maximum Gasteiger partial charge on any atom is -0.0174 e. The van der Waals surface area contributed by atoms with E-state index in [1.807, 2.05) is 0 Å². The predicted molar refractivity (Wildman–Crippen MR) is 57.5 cm³/mol. The summed E-state index contributed by atoms with van der Waals surface area (Å²) in [6, 6.07) is 0. The van der Waals surface area contributed by atoms with Crippen LogP contribution in [0.2, 0.25) is 0 Å². The van der Waals surface area contributed by atoms with Crippen LogP contribution in [-0.2, 0) is 0 Å². The van der Waals surface area contributed by atoms with E-state index in [0.717, 1.165) is 23.7 Å². The summed E-state index contributed by atoms with van der Waals surface area (Å²) in [7, 11) is 0. The molecule has 0 heterocycles. The van der Waals surface area contributed by atoms with Gasteiger partial charge < -0.3 is 0 Å². The summed E-state index contributed by atoms with van der Waals surface area (Å²) in [5, 5.41) is 0. The lowest BCUT2D eigenvalue weighted by molar-refractivity contribution is 0.258. The van der Waals surface area contributed by atoms with E-state index in [1.165, 1.54) is 32.1 Å². The van der Waals surface area contributed by atoms with Gasteiger partial charge in [-0.3, -0.25) is 0 Å². The van der Waals surface area contributed by atoms with Crippen molar-refractivity contribution < 1.29 is 0 Å². The van der Waals surface area contributed by atoms with Crippen molar-refractivity contribution >= 4 is 0 Å². The highest BCUT2D eigenvalue weighted by Crippen LogP contribution is 2.53. The minimum atomic E-state index is 0.948. The van der Waals surface area contributed by atoms with Gasteiger partial charge in [0.05, 0.1) is 0 Å². The second-order valence-electron chi connectivity index (χ2n) is 4.82. The Bertz CT molecular complexity index is 192. The van der Waals surface area contributed by atoms with E-state index in [2.05, 4.69) is 26.0 Å². The van der Waals surface area contributed by atoms with Gasteiger partial charge in [-0.1, -0.05) is 32.4 Å². The Balaban J connectivity index is 2.04. The van der Waals surface area contributed by atoms with Crippen LogP contribution in [0.1, 0.15) is 46.0 Å². The number of allylic oxidation sites excluding steroid dienone is 2. The van der Waals surface area contributed by atoms with Crippen LogP contribution < -0.4 is 0 Å². The lowest BCUT2D eigenvalue weighted by Gasteiger charge is -2.27. The van der Waals surface area contributed by atoms with Crippen LogP contribution in [0.15, 0.2) is 12.2 Å².